The lowest BCUT2D eigenvalue weighted by atomic mass is 9.89. The molecule has 1 saturated heterocycles. The van der Waals surface area contributed by atoms with E-state index in [2.05, 4.69) is 4.98 Å². The van der Waals surface area contributed by atoms with Gasteiger partial charge in [0.05, 0.1) is 22.6 Å². The molecule has 0 saturated carbocycles. The van der Waals surface area contributed by atoms with Crippen LogP contribution in [0.4, 0.5) is 0 Å². The molecule has 0 amide bonds. The van der Waals surface area contributed by atoms with Crippen LogP contribution in [0, 0.1) is 0 Å². The van der Waals surface area contributed by atoms with Crippen molar-refractivity contribution in [1.82, 2.24) is 4.98 Å². The molecular formula is C16H24BNO3. The number of hydrogen-bond acceptors (Lipinski definition) is 4. The van der Waals surface area contributed by atoms with Crippen LogP contribution in [-0.2, 0) is 14.9 Å². The van der Waals surface area contributed by atoms with Crippen LogP contribution in [0.25, 0.3) is 6.08 Å². The van der Waals surface area contributed by atoms with Gasteiger partial charge in [0.25, 0.3) is 0 Å². The van der Waals surface area contributed by atoms with Crippen LogP contribution in [0.15, 0.2) is 24.2 Å². The minimum absolute atomic E-state index is 0.343. The molecule has 2 heterocycles. The smallest absolute Gasteiger partial charge is 0.400 e. The first kappa shape index (κ1) is 16.2. The molecule has 0 bridgehead atoms. The highest BCUT2D eigenvalue weighted by Gasteiger charge is 2.50. The van der Waals surface area contributed by atoms with Crippen molar-refractivity contribution in [2.24, 2.45) is 0 Å². The molecule has 1 aromatic heterocycles. The van der Waals surface area contributed by atoms with E-state index in [1.165, 1.54) is 0 Å². The van der Waals surface area contributed by atoms with Gasteiger partial charge in [-0.05, 0) is 59.8 Å². The average Bonchev–Trinajstić information content (AvgIpc) is 2.55. The van der Waals surface area contributed by atoms with Crippen molar-refractivity contribution < 1.29 is 14.4 Å². The fraction of sp³-hybridized carbons (Fsp3) is 0.562. The van der Waals surface area contributed by atoms with Gasteiger partial charge < -0.3 is 14.4 Å². The van der Waals surface area contributed by atoms with E-state index >= 15 is 0 Å². The predicted octanol–water partition coefficient (Wildman–Crippen LogP) is 2.95. The van der Waals surface area contributed by atoms with Crippen LogP contribution in [0.3, 0.4) is 0 Å². The third-order valence-electron chi connectivity index (χ3n) is 4.09. The minimum atomic E-state index is -0.950. The summed E-state index contributed by atoms with van der Waals surface area (Å²) in [5.74, 6) is 1.85. The largest absolute Gasteiger partial charge is 0.487 e. The van der Waals surface area contributed by atoms with Crippen LogP contribution in [0.2, 0.25) is 0 Å². The van der Waals surface area contributed by atoms with E-state index in [9.17, 15) is 5.11 Å². The Hall–Kier alpha value is -1.17. The summed E-state index contributed by atoms with van der Waals surface area (Å²) in [5, 5.41) is 9.99. The average molecular weight is 289 g/mol. The quantitative estimate of drug-likeness (QED) is 0.869. The van der Waals surface area contributed by atoms with Crippen LogP contribution in [0.5, 0.6) is 0 Å². The van der Waals surface area contributed by atoms with Crippen molar-refractivity contribution in [2.45, 2.75) is 58.3 Å². The zero-order chi connectivity index (χ0) is 15.9. The van der Waals surface area contributed by atoms with E-state index < -0.39 is 5.60 Å². The van der Waals surface area contributed by atoms with Crippen LogP contribution >= 0.6 is 0 Å². The van der Waals surface area contributed by atoms with E-state index in [0.29, 0.717) is 5.69 Å². The third kappa shape index (κ3) is 3.54. The summed E-state index contributed by atoms with van der Waals surface area (Å²) in [5.41, 5.74) is -0.231. The lowest BCUT2D eigenvalue weighted by Crippen LogP contribution is -2.41. The molecule has 4 nitrogen and oxygen atoms in total. The minimum Gasteiger partial charge on any atom is -0.400 e. The van der Waals surface area contributed by atoms with Crippen molar-refractivity contribution in [3.8, 4) is 0 Å². The Morgan fingerprint density at radius 1 is 1.14 bits per heavy atom. The number of aliphatic hydroxyl groups is 1. The monoisotopic (exact) mass is 289 g/mol. The Bertz CT molecular complexity index is 531. The predicted molar refractivity (Wildman–Crippen MR) is 84.6 cm³/mol. The van der Waals surface area contributed by atoms with Crippen LogP contribution in [0.1, 0.15) is 52.9 Å². The standard InChI is InChI=1S/C16H24BNO3/c1-14(2,19)13-9-7-8-12(18-13)10-11-17-20-15(3,4)16(5,6)21-17/h7-11,19H,1-6H3/b11-10+. The van der Waals surface area contributed by atoms with Crippen molar-refractivity contribution in [1.29, 1.82) is 0 Å². The van der Waals surface area contributed by atoms with E-state index in [0.717, 1.165) is 5.69 Å². The second-order valence-corrected chi connectivity index (χ2v) is 6.99. The Labute approximate surface area is 127 Å². The number of rotatable bonds is 3. The number of hydrogen-bond donors (Lipinski definition) is 1. The van der Waals surface area contributed by atoms with Gasteiger partial charge in [-0.1, -0.05) is 12.0 Å². The molecule has 0 atom stereocenters. The number of nitrogens with zero attached hydrogens (tertiary/aromatic N) is 1. The zero-order valence-electron chi connectivity index (χ0n) is 13.7. The second-order valence-electron chi connectivity index (χ2n) is 6.99. The molecule has 114 valence electrons. The molecule has 0 radical (unpaired) electrons. The summed E-state index contributed by atoms with van der Waals surface area (Å²) >= 11 is 0. The Balaban J connectivity index is 2.13. The Morgan fingerprint density at radius 2 is 1.71 bits per heavy atom. The lowest BCUT2D eigenvalue weighted by Gasteiger charge is -2.32. The summed E-state index contributed by atoms with van der Waals surface area (Å²) in [6, 6.07) is 5.58. The van der Waals surface area contributed by atoms with E-state index in [-0.39, 0.29) is 18.3 Å². The first-order chi connectivity index (χ1) is 9.51. The van der Waals surface area contributed by atoms with Gasteiger partial charge in [0.15, 0.2) is 0 Å². The number of aromatic nitrogens is 1. The summed E-state index contributed by atoms with van der Waals surface area (Å²) in [7, 11) is -0.386. The maximum Gasteiger partial charge on any atom is 0.487 e. The van der Waals surface area contributed by atoms with Gasteiger partial charge in [-0.15, -0.1) is 0 Å². The molecule has 2 rings (SSSR count). The van der Waals surface area contributed by atoms with Crippen molar-refractivity contribution in [3.63, 3.8) is 0 Å². The first-order valence-electron chi connectivity index (χ1n) is 7.25. The van der Waals surface area contributed by atoms with Gasteiger partial charge in [-0.2, -0.15) is 0 Å². The second kappa shape index (κ2) is 5.23. The van der Waals surface area contributed by atoms with Gasteiger partial charge >= 0.3 is 7.12 Å². The van der Waals surface area contributed by atoms with Gasteiger partial charge in [0.1, 0.15) is 5.60 Å². The molecule has 1 aromatic rings. The van der Waals surface area contributed by atoms with Gasteiger partial charge in [0.2, 0.25) is 0 Å². The van der Waals surface area contributed by atoms with E-state index in [1.54, 1.807) is 13.8 Å². The van der Waals surface area contributed by atoms with E-state index in [4.69, 9.17) is 9.31 Å². The fourth-order valence-corrected chi connectivity index (χ4v) is 2.03. The molecule has 1 N–H and O–H groups in total. The molecule has 1 fully saturated rings. The molecule has 5 heteroatoms. The first-order valence-corrected chi connectivity index (χ1v) is 7.25. The lowest BCUT2D eigenvalue weighted by molar-refractivity contribution is 0.00578. The Kier molecular flexibility index (Phi) is 4.04. The Morgan fingerprint density at radius 3 is 2.24 bits per heavy atom. The highest BCUT2D eigenvalue weighted by Crippen LogP contribution is 2.37. The van der Waals surface area contributed by atoms with Gasteiger partial charge in [0, 0.05) is 0 Å². The molecule has 0 aliphatic carbocycles. The van der Waals surface area contributed by atoms with Crippen molar-refractivity contribution in [2.75, 3.05) is 0 Å². The molecular weight excluding hydrogens is 265 g/mol. The SMILES string of the molecule is CC(C)(O)c1cccc(/C=C/B2OC(C)(C)C(C)(C)O2)n1. The maximum atomic E-state index is 9.99. The van der Waals surface area contributed by atoms with Crippen molar-refractivity contribution in [3.05, 3.63) is 35.6 Å². The van der Waals surface area contributed by atoms with Gasteiger partial charge in [-0.25, -0.2) is 0 Å². The van der Waals surface area contributed by atoms with Crippen molar-refractivity contribution >= 4 is 13.2 Å². The highest BCUT2D eigenvalue weighted by atomic mass is 16.7. The maximum absolute atomic E-state index is 9.99. The topological polar surface area (TPSA) is 51.6 Å². The summed E-state index contributed by atoms with van der Waals surface area (Å²) < 4.78 is 11.8. The molecule has 0 unspecified atom stereocenters. The van der Waals surface area contributed by atoms with E-state index in [1.807, 2.05) is 57.9 Å². The molecule has 0 spiro atoms. The molecule has 1 aliphatic heterocycles. The fourth-order valence-electron chi connectivity index (χ4n) is 2.03. The van der Waals surface area contributed by atoms with Gasteiger partial charge in [-0.3, -0.25) is 4.98 Å². The molecule has 1 aliphatic rings. The normalized spacial score (nSPS) is 21.2. The van der Waals surface area contributed by atoms with Crippen LogP contribution < -0.4 is 0 Å². The summed E-state index contributed by atoms with van der Waals surface area (Å²) in [4.78, 5) is 4.43. The zero-order valence-corrected chi connectivity index (χ0v) is 13.7. The molecule has 21 heavy (non-hydrogen) atoms. The highest BCUT2D eigenvalue weighted by molar-refractivity contribution is 6.52. The summed E-state index contributed by atoms with van der Waals surface area (Å²) in [6.45, 7) is 11.5. The molecule has 0 aromatic carbocycles. The summed E-state index contributed by atoms with van der Waals surface area (Å²) in [6.07, 6.45) is 1.86. The number of pyridine rings is 1. The third-order valence-corrected chi connectivity index (χ3v) is 4.09. The van der Waals surface area contributed by atoms with Crippen LogP contribution in [-0.4, -0.2) is 28.4 Å².